The molecule has 1 heterocycles. The Kier molecular flexibility index (Phi) is 4.78. The second kappa shape index (κ2) is 5.67. The van der Waals surface area contributed by atoms with Crippen molar-refractivity contribution in [1.82, 2.24) is 4.98 Å². The highest BCUT2D eigenvalue weighted by Gasteiger charge is 2.20. The molecule has 1 unspecified atom stereocenters. The zero-order valence-corrected chi connectivity index (χ0v) is 11.9. The van der Waals surface area contributed by atoms with Crippen molar-refractivity contribution in [3.63, 3.8) is 0 Å². The van der Waals surface area contributed by atoms with Gasteiger partial charge < -0.3 is 5.73 Å². The lowest BCUT2D eigenvalue weighted by atomic mass is 9.89. The zero-order valence-electron chi connectivity index (χ0n) is 10.3. The Hall–Kier alpha value is -0.570. The molecule has 16 heavy (non-hydrogen) atoms. The number of nitrogens with two attached hydrogens (primary N) is 1. The van der Waals surface area contributed by atoms with Crippen LogP contribution in [0.2, 0.25) is 0 Å². The molecule has 0 bridgehead atoms. The number of aryl methyl sites for hydroxylation is 1. The highest BCUT2D eigenvalue weighted by Crippen LogP contribution is 2.30. The molecule has 2 N–H and O–H groups in total. The minimum atomic E-state index is 0.320. The number of alkyl halides is 1. The number of hydrogen-bond acceptors (Lipinski definition) is 2. The van der Waals surface area contributed by atoms with Crippen LogP contribution in [0.3, 0.4) is 0 Å². The predicted octanol–water partition coefficient (Wildman–Crippen LogP) is 3.80. The van der Waals surface area contributed by atoms with Crippen LogP contribution in [0.15, 0.2) is 18.3 Å². The van der Waals surface area contributed by atoms with Gasteiger partial charge in [-0.3, -0.25) is 0 Å². The van der Waals surface area contributed by atoms with Crippen LogP contribution in [0, 0.1) is 5.41 Å². The fraction of sp³-hybridized carbons (Fsp3) is 0.615. The standard InChI is InChI=1S/C13H21BrN2/c1-13(2,3)11(14)8-4-6-10-7-5-9-16-12(10)15/h5,7,9,11H,4,6,8H2,1-3H3,(H2,15,16). The van der Waals surface area contributed by atoms with Gasteiger partial charge in [-0.1, -0.05) is 42.8 Å². The maximum absolute atomic E-state index is 5.80. The average Bonchev–Trinajstić information content (AvgIpc) is 2.19. The molecule has 0 saturated heterocycles. The van der Waals surface area contributed by atoms with Crippen molar-refractivity contribution in [3.8, 4) is 0 Å². The van der Waals surface area contributed by atoms with Crippen molar-refractivity contribution in [2.45, 2.75) is 44.9 Å². The van der Waals surface area contributed by atoms with E-state index in [2.05, 4.69) is 47.8 Å². The van der Waals surface area contributed by atoms with Gasteiger partial charge in [-0.25, -0.2) is 4.98 Å². The van der Waals surface area contributed by atoms with E-state index in [1.165, 1.54) is 0 Å². The molecule has 0 spiro atoms. The lowest BCUT2D eigenvalue weighted by Gasteiger charge is -2.25. The quantitative estimate of drug-likeness (QED) is 0.855. The molecule has 0 aliphatic heterocycles. The van der Waals surface area contributed by atoms with E-state index in [9.17, 15) is 0 Å². The molecule has 1 atom stereocenters. The highest BCUT2D eigenvalue weighted by molar-refractivity contribution is 9.09. The third-order valence-corrected chi connectivity index (χ3v) is 4.60. The van der Waals surface area contributed by atoms with Crippen molar-refractivity contribution < 1.29 is 0 Å². The largest absolute Gasteiger partial charge is 0.383 e. The minimum Gasteiger partial charge on any atom is -0.383 e. The molecule has 3 heteroatoms. The van der Waals surface area contributed by atoms with E-state index in [-0.39, 0.29) is 0 Å². The van der Waals surface area contributed by atoms with Gasteiger partial charge in [0.25, 0.3) is 0 Å². The van der Waals surface area contributed by atoms with Crippen LogP contribution in [0.5, 0.6) is 0 Å². The summed E-state index contributed by atoms with van der Waals surface area (Å²) < 4.78 is 0. The van der Waals surface area contributed by atoms with Crippen molar-refractivity contribution in [1.29, 1.82) is 0 Å². The van der Waals surface area contributed by atoms with Crippen molar-refractivity contribution >= 4 is 21.7 Å². The lowest BCUT2D eigenvalue weighted by Crippen LogP contribution is -2.20. The van der Waals surface area contributed by atoms with E-state index >= 15 is 0 Å². The first-order valence-electron chi connectivity index (χ1n) is 5.74. The van der Waals surface area contributed by atoms with Crippen LogP contribution in [-0.4, -0.2) is 9.81 Å². The van der Waals surface area contributed by atoms with Gasteiger partial charge in [-0.15, -0.1) is 0 Å². The van der Waals surface area contributed by atoms with E-state index in [0.29, 0.717) is 16.1 Å². The normalized spacial score (nSPS) is 13.8. The van der Waals surface area contributed by atoms with E-state index < -0.39 is 0 Å². The maximum atomic E-state index is 5.80. The first kappa shape index (κ1) is 13.5. The zero-order chi connectivity index (χ0) is 12.2. The number of hydrogen-bond donors (Lipinski definition) is 1. The summed E-state index contributed by atoms with van der Waals surface area (Å²) in [6.07, 6.45) is 5.06. The molecule has 2 nitrogen and oxygen atoms in total. The van der Waals surface area contributed by atoms with E-state index in [1.807, 2.05) is 6.07 Å². The predicted molar refractivity (Wildman–Crippen MR) is 73.8 cm³/mol. The summed E-state index contributed by atoms with van der Waals surface area (Å²) in [6.45, 7) is 6.76. The number of nitrogens with zero attached hydrogens (tertiary/aromatic N) is 1. The van der Waals surface area contributed by atoms with Gasteiger partial charge >= 0.3 is 0 Å². The lowest BCUT2D eigenvalue weighted by molar-refractivity contribution is 0.380. The van der Waals surface area contributed by atoms with Crippen LogP contribution in [-0.2, 0) is 6.42 Å². The Morgan fingerprint density at radius 1 is 1.44 bits per heavy atom. The van der Waals surface area contributed by atoms with Crippen LogP contribution >= 0.6 is 15.9 Å². The Morgan fingerprint density at radius 3 is 2.69 bits per heavy atom. The van der Waals surface area contributed by atoms with Crippen molar-refractivity contribution in [2.75, 3.05) is 5.73 Å². The molecule has 0 radical (unpaired) electrons. The first-order chi connectivity index (χ1) is 7.41. The number of aromatic nitrogens is 1. The van der Waals surface area contributed by atoms with E-state index in [4.69, 9.17) is 5.73 Å². The third-order valence-electron chi connectivity index (χ3n) is 2.77. The van der Waals surface area contributed by atoms with Crippen LogP contribution in [0.25, 0.3) is 0 Å². The van der Waals surface area contributed by atoms with Crippen LogP contribution < -0.4 is 5.73 Å². The fourth-order valence-electron chi connectivity index (χ4n) is 1.57. The SMILES string of the molecule is CC(C)(C)C(Br)CCCc1cccnc1N. The summed E-state index contributed by atoms with van der Waals surface area (Å²) in [5.41, 5.74) is 7.28. The van der Waals surface area contributed by atoms with Gasteiger partial charge in [0, 0.05) is 11.0 Å². The summed E-state index contributed by atoms with van der Waals surface area (Å²) >= 11 is 3.74. The summed E-state index contributed by atoms with van der Waals surface area (Å²) in [7, 11) is 0. The number of nitrogen functional groups attached to an aromatic ring is 1. The number of rotatable bonds is 4. The second-order valence-corrected chi connectivity index (χ2v) is 6.38. The van der Waals surface area contributed by atoms with Gasteiger partial charge in [0.05, 0.1) is 0 Å². The smallest absolute Gasteiger partial charge is 0.126 e. The van der Waals surface area contributed by atoms with E-state index in [1.54, 1.807) is 6.20 Å². The second-order valence-electron chi connectivity index (χ2n) is 5.27. The Bertz CT molecular complexity index is 331. The van der Waals surface area contributed by atoms with Gasteiger partial charge in [0.15, 0.2) is 0 Å². The number of anilines is 1. The molecule has 0 fully saturated rings. The molecule has 0 aliphatic carbocycles. The molecule has 0 aromatic carbocycles. The first-order valence-corrected chi connectivity index (χ1v) is 6.66. The Balaban J connectivity index is 2.40. The summed E-state index contributed by atoms with van der Waals surface area (Å²) in [6, 6.07) is 4.00. The summed E-state index contributed by atoms with van der Waals surface area (Å²) in [4.78, 5) is 4.65. The van der Waals surface area contributed by atoms with E-state index in [0.717, 1.165) is 24.8 Å². The average molecular weight is 285 g/mol. The molecule has 0 aliphatic rings. The Morgan fingerprint density at radius 2 is 2.12 bits per heavy atom. The van der Waals surface area contributed by atoms with Crippen molar-refractivity contribution in [2.24, 2.45) is 5.41 Å². The van der Waals surface area contributed by atoms with Crippen molar-refractivity contribution in [3.05, 3.63) is 23.9 Å². The fourth-order valence-corrected chi connectivity index (χ4v) is 1.89. The topological polar surface area (TPSA) is 38.9 Å². The van der Waals surface area contributed by atoms with Gasteiger partial charge in [0.2, 0.25) is 0 Å². The van der Waals surface area contributed by atoms with Crippen LogP contribution in [0.4, 0.5) is 5.82 Å². The summed E-state index contributed by atoms with van der Waals surface area (Å²) in [5.74, 6) is 0.671. The van der Waals surface area contributed by atoms with Gasteiger partial charge in [-0.05, 0) is 36.3 Å². The molecule has 0 saturated carbocycles. The maximum Gasteiger partial charge on any atom is 0.126 e. The number of halogens is 1. The van der Waals surface area contributed by atoms with Gasteiger partial charge in [-0.2, -0.15) is 0 Å². The molecular weight excluding hydrogens is 264 g/mol. The molecule has 1 aromatic heterocycles. The van der Waals surface area contributed by atoms with Crippen LogP contribution in [0.1, 0.15) is 39.2 Å². The van der Waals surface area contributed by atoms with Gasteiger partial charge in [0.1, 0.15) is 5.82 Å². The monoisotopic (exact) mass is 284 g/mol. The molecule has 90 valence electrons. The Labute approximate surface area is 107 Å². The third kappa shape index (κ3) is 4.12. The molecule has 1 aromatic rings. The molecular formula is C13H21BrN2. The highest BCUT2D eigenvalue weighted by atomic mass is 79.9. The molecule has 1 rings (SSSR count). The summed E-state index contributed by atoms with van der Waals surface area (Å²) in [5, 5.41) is 0. The molecule has 0 amide bonds. The minimum absolute atomic E-state index is 0.320. The number of pyridine rings is 1.